The molecule has 1 aromatic carbocycles. The van der Waals surface area contributed by atoms with E-state index in [0.29, 0.717) is 0 Å². The Morgan fingerprint density at radius 3 is 2.22 bits per heavy atom. The molecule has 1 aliphatic rings. The Kier molecular flexibility index (Phi) is 4.90. The molecule has 0 saturated carbocycles. The van der Waals surface area contributed by atoms with E-state index in [2.05, 4.69) is 6.92 Å². The molecule has 18 heavy (non-hydrogen) atoms. The van der Waals surface area contributed by atoms with Gasteiger partial charge in [0, 0.05) is 0 Å². The van der Waals surface area contributed by atoms with Crippen LogP contribution in [0.4, 0.5) is 0 Å². The lowest BCUT2D eigenvalue weighted by Crippen LogP contribution is -2.67. The Morgan fingerprint density at radius 1 is 1.06 bits per heavy atom. The molecule has 1 saturated heterocycles. The van der Waals surface area contributed by atoms with Crippen LogP contribution in [0.15, 0.2) is 30.3 Å². The largest absolute Gasteiger partial charge is 0.393 e. The fraction of sp³-hybridized carbons (Fsp3) is 0.500. The highest BCUT2D eigenvalue weighted by atomic mass is 35.5. The van der Waals surface area contributed by atoms with Gasteiger partial charge in [0.2, 0.25) is 8.32 Å². The van der Waals surface area contributed by atoms with Gasteiger partial charge in [-0.1, -0.05) is 48.9 Å². The molecule has 0 aromatic heterocycles. The third-order valence-electron chi connectivity index (χ3n) is 3.39. The lowest BCUT2D eigenvalue weighted by Gasteiger charge is -2.45. The Morgan fingerprint density at radius 2 is 1.67 bits per heavy atom. The molecular formula is C12H14Cl4OSi. The zero-order chi connectivity index (χ0) is 13.3. The molecule has 0 N–H and O–H groups in total. The highest BCUT2D eigenvalue weighted by Crippen LogP contribution is 2.39. The highest BCUT2D eigenvalue weighted by molar-refractivity contribution is 6.94. The molecule has 0 bridgehead atoms. The van der Waals surface area contributed by atoms with E-state index in [4.69, 9.17) is 50.8 Å². The van der Waals surface area contributed by atoms with Gasteiger partial charge in [0.1, 0.15) is 5.56 Å². The van der Waals surface area contributed by atoms with Gasteiger partial charge in [-0.3, -0.25) is 0 Å². The van der Waals surface area contributed by atoms with E-state index in [-0.39, 0.29) is 10.4 Å². The van der Waals surface area contributed by atoms with Crippen LogP contribution in [0.25, 0.3) is 0 Å². The van der Waals surface area contributed by atoms with E-state index >= 15 is 0 Å². The van der Waals surface area contributed by atoms with Crippen molar-refractivity contribution in [3.8, 4) is 0 Å². The predicted octanol–water partition coefficient (Wildman–Crippen LogP) is 3.82. The molecule has 100 valence electrons. The van der Waals surface area contributed by atoms with E-state index in [9.17, 15) is 0 Å². The maximum atomic E-state index is 6.55. The molecule has 1 fully saturated rings. The van der Waals surface area contributed by atoms with Gasteiger partial charge in [0.05, 0.1) is 15.8 Å². The van der Waals surface area contributed by atoms with Crippen LogP contribution >= 0.6 is 46.4 Å². The molecular weight excluding hydrogens is 330 g/mol. The fourth-order valence-electron chi connectivity index (χ4n) is 2.32. The molecule has 1 heterocycles. The maximum Gasteiger partial charge on any atom is 0.245 e. The molecule has 0 spiro atoms. The van der Waals surface area contributed by atoms with Crippen molar-refractivity contribution in [2.45, 2.75) is 34.3 Å². The summed E-state index contributed by atoms with van der Waals surface area (Å²) in [6.07, 6.45) is 0. The minimum atomic E-state index is -2.39. The summed E-state index contributed by atoms with van der Waals surface area (Å²) in [4.78, 5) is 0. The molecule has 0 aliphatic carbocycles. The van der Waals surface area contributed by atoms with Crippen molar-refractivity contribution in [2.75, 3.05) is 0 Å². The average Bonchev–Trinajstić information content (AvgIpc) is 2.42. The molecule has 5 unspecified atom stereocenters. The third kappa shape index (κ3) is 2.44. The van der Waals surface area contributed by atoms with Crippen LogP contribution in [0.1, 0.15) is 6.92 Å². The molecule has 2 rings (SSSR count). The summed E-state index contributed by atoms with van der Waals surface area (Å²) in [5.74, 6) is 0. The fourth-order valence-corrected chi connectivity index (χ4v) is 8.98. The Balaban J connectivity index is 2.43. The Labute approximate surface area is 128 Å². The molecule has 1 nitrogen and oxygen atoms in total. The smallest absolute Gasteiger partial charge is 0.245 e. The molecule has 0 amide bonds. The van der Waals surface area contributed by atoms with Crippen LogP contribution in [-0.2, 0) is 4.43 Å². The van der Waals surface area contributed by atoms with Gasteiger partial charge < -0.3 is 4.43 Å². The normalized spacial score (nSPS) is 40.7. The van der Waals surface area contributed by atoms with E-state index in [1.807, 2.05) is 30.3 Å². The SMILES string of the molecule is CC[Si]1(c2ccccc2)OC(Cl)C(Cl)C(Cl)C1Cl. The van der Waals surface area contributed by atoms with Crippen LogP contribution in [0.2, 0.25) is 6.04 Å². The average molecular weight is 344 g/mol. The van der Waals surface area contributed by atoms with Gasteiger partial charge in [-0.15, -0.1) is 34.8 Å². The number of hydrogen-bond acceptors (Lipinski definition) is 1. The van der Waals surface area contributed by atoms with Gasteiger partial charge in [-0.25, -0.2) is 0 Å². The maximum absolute atomic E-state index is 6.55. The van der Waals surface area contributed by atoms with Crippen molar-refractivity contribution in [2.24, 2.45) is 0 Å². The molecule has 5 atom stereocenters. The number of rotatable bonds is 2. The van der Waals surface area contributed by atoms with Crippen molar-refractivity contribution in [1.29, 1.82) is 0 Å². The van der Waals surface area contributed by atoms with Crippen molar-refractivity contribution < 1.29 is 4.43 Å². The number of hydrogen-bond donors (Lipinski definition) is 0. The summed E-state index contributed by atoms with van der Waals surface area (Å²) < 4.78 is 6.06. The standard InChI is InChI=1S/C12H14Cl4OSi/c1-2-18(8-6-4-3-5-7-8)12(16)10(14)9(13)11(15)17-18/h3-7,9-12H,2H2,1H3. The summed E-state index contributed by atoms with van der Waals surface area (Å²) >= 11 is 25.2. The lowest BCUT2D eigenvalue weighted by molar-refractivity contribution is 0.239. The highest BCUT2D eigenvalue weighted by Gasteiger charge is 2.54. The van der Waals surface area contributed by atoms with Crippen LogP contribution in [0.3, 0.4) is 0 Å². The third-order valence-corrected chi connectivity index (χ3v) is 11.1. The van der Waals surface area contributed by atoms with Crippen molar-refractivity contribution in [3.63, 3.8) is 0 Å². The number of benzene rings is 1. The number of alkyl halides is 4. The first-order chi connectivity index (χ1) is 8.53. The van der Waals surface area contributed by atoms with Gasteiger partial charge in [0.25, 0.3) is 0 Å². The van der Waals surface area contributed by atoms with Gasteiger partial charge in [-0.05, 0) is 11.2 Å². The summed E-state index contributed by atoms with van der Waals surface area (Å²) in [5.41, 5.74) is -0.587. The van der Waals surface area contributed by atoms with Gasteiger partial charge >= 0.3 is 0 Å². The molecule has 0 radical (unpaired) electrons. The second-order valence-corrected chi connectivity index (χ2v) is 10.6. The second kappa shape index (κ2) is 5.90. The summed E-state index contributed by atoms with van der Waals surface area (Å²) in [7, 11) is -2.39. The van der Waals surface area contributed by atoms with Gasteiger partial charge in [0.15, 0.2) is 0 Å². The Hall–Kier alpha value is 0.557. The van der Waals surface area contributed by atoms with E-state index in [1.54, 1.807) is 0 Å². The first-order valence-corrected chi connectivity index (χ1v) is 9.76. The summed E-state index contributed by atoms with van der Waals surface area (Å²) in [5, 5.41) is -0.0143. The number of halogens is 4. The van der Waals surface area contributed by atoms with Crippen LogP contribution in [0, 0.1) is 0 Å². The van der Waals surface area contributed by atoms with E-state index in [1.165, 1.54) is 0 Å². The molecule has 6 heteroatoms. The zero-order valence-electron chi connectivity index (χ0n) is 9.82. The van der Waals surface area contributed by atoms with Crippen molar-refractivity contribution >= 4 is 59.9 Å². The topological polar surface area (TPSA) is 9.23 Å². The van der Waals surface area contributed by atoms with E-state index in [0.717, 1.165) is 11.2 Å². The van der Waals surface area contributed by atoms with Crippen LogP contribution in [0.5, 0.6) is 0 Å². The molecule has 1 aromatic rings. The Bertz CT molecular complexity index is 404. The quantitative estimate of drug-likeness (QED) is 0.586. The van der Waals surface area contributed by atoms with Crippen molar-refractivity contribution in [1.82, 2.24) is 0 Å². The van der Waals surface area contributed by atoms with Crippen LogP contribution in [-0.4, -0.2) is 29.6 Å². The zero-order valence-corrected chi connectivity index (χ0v) is 13.8. The first-order valence-electron chi connectivity index (χ1n) is 5.82. The van der Waals surface area contributed by atoms with Crippen molar-refractivity contribution in [3.05, 3.63) is 30.3 Å². The lowest BCUT2D eigenvalue weighted by atomic mass is 10.3. The van der Waals surface area contributed by atoms with E-state index < -0.39 is 19.3 Å². The van der Waals surface area contributed by atoms with Gasteiger partial charge in [-0.2, -0.15) is 0 Å². The minimum absolute atomic E-state index is 0.288. The second-order valence-electron chi connectivity index (χ2n) is 4.37. The summed E-state index contributed by atoms with van der Waals surface area (Å²) in [6, 6.07) is 10.8. The monoisotopic (exact) mass is 342 g/mol. The van der Waals surface area contributed by atoms with Crippen LogP contribution < -0.4 is 5.19 Å². The minimum Gasteiger partial charge on any atom is -0.393 e. The summed E-state index contributed by atoms with van der Waals surface area (Å²) in [6.45, 7) is 2.07. The molecule has 1 aliphatic heterocycles. The first kappa shape index (κ1) is 15.0. The predicted molar refractivity (Wildman–Crippen MR) is 82.0 cm³/mol.